The van der Waals surface area contributed by atoms with E-state index in [0.717, 1.165) is 13.1 Å². The highest BCUT2D eigenvalue weighted by Crippen LogP contribution is 2.13. The lowest BCUT2D eigenvalue weighted by atomic mass is 10.2. The van der Waals surface area contributed by atoms with Crippen LogP contribution in [0.1, 0.15) is 24.2 Å². The molecule has 0 aliphatic carbocycles. The van der Waals surface area contributed by atoms with Crippen LogP contribution in [0.5, 0.6) is 0 Å². The number of nitrogens with zero attached hydrogens (tertiary/aromatic N) is 1. The van der Waals surface area contributed by atoms with Gasteiger partial charge in [0.25, 0.3) is 0 Å². The van der Waals surface area contributed by atoms with E-state index in [1.165, 1.54) is 19.1 Å². The molecule has 22 heavy (non-hydrogen) atoms. The first-order valence-corrected chi connectivity index (χ1v) is 8.80. The van der Waals surface area contributed by atoms with E-state index in [-0.39, 0.29) is 16.7 Å². The predicted octanol–water partition coefficient (Wildman–Crippen LogP) is 0.888. The normalized spacial score (nSPS) is 18.1. The van der Waals surface area contributed by atoms with E-state index in [9.17, 15) is 13.2 Å². The molecular weight excluding hydrogens is 304 g/mol. The Bertz CT molecular complexity index is 624. The molecule has 0 bridgehead atoms. The maximum atomic E-state index is 12.4. The van der Waals surface area contributed by atoms with E-state index in [0.29, 0.717) is 25.3 Å². The van der Waals surface area contributed by atoms with Crippen molar-refractivity contribution in [2.24, 2.45) is 0 Å². The van der Waals surface area contributed by atoms with Gasteiger partial charge in [0, 0.05) is 31.2 Å². The molecule has 0 unspecified atom stereocenters. The van der Waals surface area contributed by atoms with Crippen molar-refractivity contribution in [1.29, 1.82) is 0 Å². The van der Waals surface area contributed by atoms with Gasteiger partial charge in [0.2, 0.25) is 10.0 Å². The zero-order chi connectivity index (χ0) is 16.2. The van der Waals surface area contributed by atoms with Crippen molar-refractivity contribution in [3.05, 3.63) is 29.8 Å². The quantitative estimate of drug-likeness (QED) is 0.786. The molecule has 1 aliphatic rings. The van der Waals surface area contributed by atoms with Gasteiger partial charge in [0.15, 0.2) is 5.78 Å². The minimum Gasteiger partial charge on any atom is -0.379 e. The topological polar surface area (TPSA) is 75.7 Å². The number of hydrogen-bond donors (Lipinski definition) is 1. The van der Waals surface area contributed by atoms with Crippen LogP contribution >= 0.6 is 0 Å². The summed E-state index contributed by atoms with van der Waals surface area (Å²) >= 11 is 0. The number of ether oxygens (including phenoxy) is 1. The third-order valence-corrected chi connectivity index (χ3v) is 5.13. The summed E-state index contributed by atoms with van der Waals surface area (Å²) in [6.45, 7) is 6.87. The Labute approximate surface area is 131 Å². The molecule has 1 aromatic carbocycles. The van der Waals surface area contributed by atoms with Gasteiger partial charge in [-0.05, 0) is 26.0 Å². The van der Waals surface area contributed by atoms with Crippen LogP contribution in [-0.2, 0) is 14.8 Å². The predicted molar refractivity (Wildman–Crippen MR) is 83.5 cm³/mol. The average molecular weight is 326 g/mol. The highest BCUT2D eigenvalue weighted by molar-refractivity contribution is 7.89. The number of ketones is 1. The van der Waals surface area contributed by atoms with E-state index in [2.05, 4.69) is 9.62 Å². The summed E-state index contributed by atoms with van der Waals surface area (Å²) in [6.07, 6.45) is 0. The minimum atomic E-state index is -3.63. The van der Waals surface area contributed by atoms with Crippen LogP contribution in [0.25, 0.3) is 0 Å². The Morgan fingerprint density at radius 1 is 1.36 bits per heavy atom. The Morgan fingerprint density at radius 3 is 2.68 bits per heavy atom. The summed E-state index contributed by atoms with van der Waals surface area (Å²) in [7, 11) is -3.63. The molecular formula is C15H22N2O4S. The molecule has 2 rings (SSSR count). The SMILES string of the molecule is CC(=O)c1cccc(S(=O)(=O)N[C@H](C)CN2CCOCC2)c1. The molecule has 0 spiro atoms. The standard InChI is InChI=1S/C15H22N2O4S/c1-12(11-17-6-8-21-9-7-17)16-22(19,20)15-5-3-4-14(10-15)13(2)18/h3-5,10,12,16H,6-9,11H2,1-2H3/t12-/m1/s1. The highest BCUT2D eigenvalue weighted by Gasteiger charge is 2.20. The second-order valence-corrected chi connectivity index (χ2v) is 7.23. The summed E-state index contributed by atoms with van der Waals surface area (Å²) in [4.78, 5) is 13.7. The second kappa shape index (κ2) is 7.32. The first kappa shape index (κ1) is 17.1. The molecule has 1 aromatic rings. The lowest BCUT2D eigenvalue weighted by Crippen LogP contribution is -2.45. The molecule has 122 valence electrons. The number of hydrogen-bond acceptors (Lipinski definition) is 5. The van der Waals surface area contributed by atoms with Gasteiger partial charge in [0.1, 0.15) is 0 Å². The number of nitrogens with one attached hydrogen (secondary N) is 1. The smallest absolute Gasteiger partial charge is 0.240 e. The zero-order valence-electron chi connectivity index (χ0n) is 12.9. The summed E-state index contributed by atoms with van der Waals surface area (Å²) in [5.41, 5.74) is 0.392. The molecule has 0 saturated carbocycles. The van der Waals surface area contributed by atoms with Crippen molar-refractivity contribution in [2.75, 3.05) is 32.8 Å². The Hall–Kier alpha value is -1.28. The summed E-state index contributed by atoms with van der Waals surface area (Å²) in [5.74, 6) is -0.154. The number of sulfonamides is 1. The van der Waals surface area contributed by atoms with Crippen LogP contribution in [-0.4, -0.2) is 58.0 Å². The molecule has 0 radical (unpaired) electrons. The van der Waals surface area contributed by atoms with Crippen molar-refractivity contribution in [3.63, 3.8) is 0 Å². The molecule has 1 atom stereocenters. The molecule has 0 aromatic heterocycles. The summed E-state index contributed by atoms with van der Waals surface area (Å²) in [5, 5.41) is 0. The Balaban J connectivity index is 2.03. The molecule has 1 saturated heterocycles. The second-order valence-electron chi connectivity index (χ2n) is 5.52. The van der Waals surface area contributed by atoms with Crippen molar-refractivity contribution in [2.45, 2.75) is 24.8 Å². The molecule has 1 aliphatic heterocycles. The van der Waals surface area contributed by atoms with E-state index in [1.807, 2.05) is 6.92 Å². The highest BCUT2D eigenvalue weighted by atomic mass is 32.2. The largest absolute Gasteiger partial charge is 0.379 e. The molecule has 1 fully saturated rings. The maximum absolute atomic E-state index is 12.4. The minimum absolute atomic E-state index is 0.119. The molecule has 0 amide bonds. The first-order chi connectivity index (χ1) is 10.4. The molecule has 1 N–H and O–H groups in total. The number of benzene rings is 1. The van der Waals surface area contributed by atoms with Gasteiger partial charge in [-0.15, -0.1) is 0 Å². The molecule has 1 heterocycles. The number of morpholine rings is 1. The number of carbonyl (C=O) groups is 1. The van der Waals surface area contributed by atoms with Crippen molar-refractivity contribution < 1.29 is 17.9 Å². The average Bonchev–Trinajstić information content (AvgIpc) is 2.47. The van der Waals surface area contributed by atoms with Gasteiger partial charge in [-0.3, -0.25) is 9.69 Å². The van der Waals surface area contributed by atoms with Gasteiger partial charge in [-0.1, -0.05) is 12.1 Å². The fourth-order valence-corrected chi connectivity index (χ4v) is 3.70. The monoisotopic (exact) mass is 326 g/mol. The molecule has 6 nitrogen and oxygen atoms in total. The fraction of sp³-hybridized carbons (Fsp3) is 0.533. The van der Waals surface area contributed by atoms with E-state index in [1.54, 1.807) is 12.1 Å². The van der Waals surface area contributed by atoms with Crippen LogP contribution in [0.2, 0.25) is 0 Å². The van der Waals surface area contributed by atoms with E-state index >= 15 is 0 Å². The lowest BCUT2D eigenvalue weighted by molar-refractivity contribution is 0.0354. The maximum Gasteiger partial charge on any atom is 0.240 e. The van der Waals surface area contributed by atoms with Crippen molar-refractivity contribution in [3.8, 4) is 0 Å². The van der Waals surface area contributed by atoms with Crippen LogP contribution in [0.15, 0.2) is 29.2 Å². The van der Waals surface area contributed by atoms with Crippen LogP contribution in [0.4, 0.5) is 0 Å². The number of carbonyl (C=O) groups excluding carboxylic acids is 1. The Kier molecular flexibility index (Phi) is 5.69. The van der Waals surface area contributed by atoms with Gasteiger partial charge < -0.3 is 4.74 Å². The summed E-state index contributed by atoms with van der Waals surface area (Å²) in [6, 6.07) is 5.88. The first-order valence-electron chi connectivity index (χ1n) is 7.32. The van der Waals surface area contributed by atoms with Gasteiger partial charge in [-0.25, -0.2) is 13.1 Å². The third-order valence-electron chi connectivity index (χ3n) is 3.54. The van der Waals surface area contributed by atoms with Gasteiger partial charge in [0.05, 0.1) is 18.1 Å². The van der Waals surface area contributed by atoms with Crippen LogP contribution in [0.3, 0.4) is 0 Å². The number of rotatable bonds is 6. The number of Topliss-reactive ketones (excluding diaryl/α,β-unsaturated/α-hetero) is 1. The van der Waals surface area contributed by atoms with Crippen LogP contribution in [0, 0.1) is 0 Å². The molecule has 7 heteroatoms. The van der Waals surface area contributed by atoms with Crippen molar-refractivity contribution >= 4 is 15.8 Å². The van der Waals surface area contributed by atoms with Gasteiger partial charge >= 0.3 is 0 Å². The third kappa shape index (κ3) is 4.61. The van der Waals surface area contributed by atoms with Gasteiger partial charge in [-0.2, -0.15) is 0 Å². The zero-order valence-corrected chi connectivity index (χ0v) is 13.7. The fourth-order valence-electron chi connectivity index (χ4n) is 2.42. The Morgan fingerprint density at radius 2 is 2.05 bits per heavy atom. The van der Waals surface area contributed by atoms with E-state index in [4.69, 9.17) is 4.74 Å². The summed E-state index contributed by atoms with van der Waals surface area (Å²) < 4.78 is 32.7. The van der Waals surface area contributed by atoms with E-state index < -0.39 is 10.0 Å². The lowest BCUT2D eigenvalue weighted by Gasteiger charge is -2.29. The van der Waals surface area contributed by atoms with Crippen LogP contribution < -0.4 is 4.72 Å². The van der Waals surface area contributed by atoms with Crippen molar-refractivity contribution in [1.82, 2.24) is 9.62 Å².